The molecule has 2 heterocycles. The van der Waals surface area contributed by atoms with Crippen LogP contribution in [0.25, 0.3) is 6.08 Å². The van der Waals surface area contributed by atoms with Crippen molar-refractivity contribution in [3.63, 3.8) is 0 Å². The SMILES string of the molecule is CN(C)c1ccc([C@H]2[C@@H]([N+](=O)[O-])[C@@H]3C=Cc4ccccc4N3[C@H]2C(=O)c2ccc(Cl)cc2)cc1. The van der Waals surface area contributed by atoms with Crippen molar-refractivity contribution in [2.45, 2.75) is 24.0 Å². The van der Waals surface area contributed by atoms with Crippen molar-refractivity contribution < 1.29 is 9.72 Å². The average molecular weight is 474 g/mol. The zero-order valence-corrected chi connectivity index (χ0v) is 19.6. The molecule has 0 bridgehead atoms. The lowest BCUT2D eigenvalue weighted by Crippen LogP contribution is -2.44. The van der Waals surface area contributed by atoms with Crippen molar-refractivity contribution in [2.75, 3.05) is 23.9 Å². The molecular weight excluding hydrogens is 450 g/mol. The predicted molar refractivity (Wildman–Crippen MR) is 136 cm³/mol. The van der Waals surface area contributed by atoms with Crippen LogP contribution in [0.3, 0.4) is 0 Å². The van der Waals surface area contributed by atoms with Crippen LogP contribution < -0.4 is 9.80 Å². The summed E-state index contributed by atoms with van der Waals surface area (Å²) in [6.45, 7) is 0. The number of anilines is 2. The lowest BCUT2D eigenvalue weighted by molar-refractivity contribution is -0.524. The molecule has 34 heavy (non-hydrogen) atoms. The second-order valence-corrected chi connectivity index (χ2v) is 9.36. The van der Waals surface area contributed by atoms with Gasteiger partial charge in [-0.05, 0) is 53.6 Å². The zero-order chi connectivity index (χ0) is 24.0. The van der Waals surface area contributed by atoms with Gasteiger partial charge < -0.3 is 9.80 Å². The number of nitro groups is 1. The van der Waals surface area contributed by atoms with Crippen LogP contribution in [0.2, 0.25) is 5.02 Å². The van der Waals surface area contributed by atoms with Crippen LogP contribution >= 0.6 is 11.6 Å². The second-order valence-electron chi connectivity index (χ2n) is 8.92. The fourth-order valence-corrected chi connectivity index (χ4v) is 5.34. The lowest BCUT2D eigenvalue weighted by atomic mass is 9.83. The highest BCUT2D eigenvalue weighted by atomic mass is 35.5. The van der Waals surface area contributed by atoms with E-state index in [1.165, 1.54) is 0 Å². The fraction of sp³-hybridized carbons (Fsp3) is 0.222. The number of para-hydroxylation sites is 1. The van der Waals surface area contributed by atoms with Crippen LogP contribution in [0.4, 0.5) is 11.4 Å². The Labute approximate surface area is 203 Å². The predicted octanol–water partition coefficient (Wildman–Crippen LogP) is 5.30. The largest absolute Gasteiger partial charge is 0.378 e. The summed E-state index contributed by atoms with van der Waals surface area (Å²) >= 11 is 6.06. The Morgan fingerprint density at radius 1 is 1.00 bits per heavy atom. The van der Waals surface area contributed by atoms with Crippen LogP contribution in [-0.2, 0) is 0 Å². The van der Waals surface area contributed by atoms with Crippen molar-refractivity contribution in [3.8, 4) is 0 Å². The Morgan fingerprint density at radius 2 is 1.68 bits per heavy atom. The van der Waals surface area contributed by atoms with Crippen molar-refractivity contribution in [1.29, 1.82) is 0 Å². The van der Waals surface area contributed by atoms with Crippen LogP contribution in [-0.4, -0.2) is 42.9 Å². The maximum atomic E-state index is 14.0. The van der Waals surface area contributed by atoms with Crippen LogP contribution in [0.5, 0.6) is 0 Å². The van der Waals surface area contributed by atoms with Gasteiger partial charge in [0.2, 0.25) is 6.04 Å². The molecule has 0 N–H and O–H groups in total. The molecule has 1 saturated heterocycles. The van der Waals surface area contributed by atoms with Gasteiger partial charge in [-0.25, -0.2) is 0 Å². The van der Waals surface area contributed by atoms with Gasteiger partial charge in [0.25, 0.3) is 0 Å². The number of ketones is 1. The monoisotopic (exact) mass is 473 g/mol. The van der Waals surface area contributed by atoms with Crippen LogP contribution in [0.1, 0.15) is 27.4 Å². The second kappa shape index (κ2) is 8.61. The van der Waals surface area contributed by atoms with Gasteiger partial charge in [0.05, 0.1) is 5.92 Å². The van der Waals surface area contributed by atoms with Crippen molar-refractivity contribution in [2.24, 2.45) is 0 Å². The van der Waals surface area contributed by atoms with E-state index in [2.05, 4.69) is 0 Å². The Hall–Kier alpha value is -3.64. The molecule has 0 aromatic heterocycles. The first kappa shape index (κ1) is 22.2. The Balaban J connectivity index is 1.69. The third kappa shape index (κ3) is 3.64. The zero-order valence-electron chi connectivity index (χ0n) is 18.8. The molecule has 4 atom stereocenters. The molecular formula is C27H24ClN3O3. The molecule has 0 unspecified atom stereocenters. The molecule has 0 saturated carbocycles. The van der Waals surface area contributed by atoms with Gasteiger partial charge in [0, 0.05) is 41.0 Å². The molecule has 6 nitrogen and oxygen atoms in total. The van der Waals surface area contributed by atoms with Gasteiger partial charge in [-0.1, -0.05) is 54.1 Å². The van der Waals surface area contributed by atoms with Gasteiger partial charge in [-0.15, -0.1) is 0 Å². The van der Waals surface area contributed by atoms with Gasteiger partial charge in [0.1, 0.15) is 12.1 Å². The van der Waals surface area contributed by atoms with Gasteiger partial charge >= 0.3 is 0 Å². The van der Waals surface area contributed by atoms with Crippen molar-refractivity contribution in [3.05, 3.63) is 111 Å². The van der Waals surface area contributed by atoms with E-state index in [1.807, 2.05) is 84.6 Å². The molecule has 0 amide bonds. The standard InChI is InChI=1S/C27H24ClN3O3/c1-29(2)21-14-9-18(10-15-21)24-25(31(33)34)23-16-11-17-5-3-4-6-22(17)30(23)26(24)27(32)19-7-12-20(28)13-8-19/h3-16,23-26H,1-2H3/t23-,24-,25-,26+/m0/s1. The molecule has 0 spiro atoms. The summed E-state index contributed by atoms with van der Waals surface area (Å²) in [5.41, 5.74) is 4.03. The first-order valence-electron chi connectivity index (χ1n) is 11.1. The first-order chi connectivity index (χ1) is 16.4. The highest BCUT2D eigenvalue weighted by Gasteiger charge is 2.58. The normalized spacial score (nSPS) is 22.7. The third-order valence-electron chi connectivity index (χ3n) is 6.80. The minimum atomic E-state index is -0.976. The number of Topliss-reactive ketones (excluding diaryl/α,β-unsaturated/α-hetero) is 1. The highest BCUT2D eigenvalue weighted by Crippen LogP contribution is 2.47. The average Bonchev–Trinajstić information content (AvgIpc) is 3.20. The maximum Gasteiger partial charge on any atom is 0.245 e. The minimum absolute atomic E-state index is 0.155. The highest BCUT2D eigenvalue weighted by molar-refractivity contribution is 6.30. The molecule has 0 radical (unpaired) electrons. The Kier molecular flexibility index (Phi) is 5.62. The van der Waals surface area contributed by atoms with Gasteiger partial charge in [-0.3, -0.25) is 14.9 Å². The number of hydrogen-bond donors (Lipinski definition) is 0. The van der Waals surface area contributed by atoms with Crippen LogP contribution in [0.15, 0.2) is 78.9 Å². The number of fused-ring (bicyclic) bond motifs is 3. The molecule has 2 aliphatic heterocycles. The minimum Gasteiger partial charge on any atom is -0.378 e. The van der Waals surface area contributed by atoms with E-state index < -0.39 is 24.0 Å². The molecule has 0 aliphatic carbocycles. The topological polar surface area (TPSA) is 66.7 Å². The first-order valence-corrected chi connectivity index (χ1v) is 11.5. The van der Waals surface area contributed by atoms with E-state index in [0.717, 1.165) is 22.5 Å². The van der Waals surface area contributed by atoms with Crippen LogP contribution in [0, 0.1) is 10.1 Å². The summed E-state index contributed by atoms with van der Waals surface area (Å²) in [6, 6.07) is 19.9. The molecule has 3 aromatic rings. The maximum absolute atomic E-state index is 14.0. The Morgan fingerprint density at radius 3 is 2.32 bits per heavy atom. The lowest BCUT2D eigenvalue weighted by Gasteiger charge is -2.34. The third-order valence-corrected chi connectivity index (χ3v) is 7.05. The molecule has 2 aliphatic rings. The molecule has 172 valence electrons. The summed E-state index contributed by atoms with van der Waals surface area (Å²) in [5.74, 6) is -0.784. The molecule has 1 fully saturated rings. The fourth-order valence-electron chi connectivity index (χ4n) is 5.21. The van der Waals surface area contributed by atoms with Crippen molar-refractivity contribution >= 4 is 34.8 Å². The van der Waals surface area contributed by atoms with E-state index in [9.17, 15) is 14.9 Å². The quantitative estimate of drug-likeness (QED) is 0.286. The van der Waals surface area contributed by atoms with E-state index in [1.54, 1.807) is 24.3 Å². The number of benzene rings is 3. The van der Waals surface area contributed by atoms with E-state index in [4.69, 9.17) is 11.6 Å². The van der Waals surface area contributed by atoms with Gasteiger partial charge in [0.15, 0.2) is 5.78 Å². The molecule has 3 aromatic carbocycles. The van der Waals surface area contributed by atoms with Crippen molar-refractivity contribution in [1.82, 2.24) is 0 Å². The van der Waals surface area contributed by atoms with E-state index >= 15 is 0 Å². The van der Waals surface area contributed by atoms with Gasteiger partial charge in [-0.2, -0.15) is 0 Å². The summed E-state index contributed by atoms with van der Waals surface area (Å²) in [5, 5.41) is 13.0. The number of hydrogen-bond acceptors (Lipinski definition) is 5. The summed E-state index contributed by atoms with van der Waals surface area (Å²) in [4.78, 5) is 30.2. The number of rotatable bonds is 5. The Bertz CT molecular complexity index is 1270. The number of halogens is 1. The smallest absolute Gasteiger partial charge is 0.245 e. The summed E-state index contributed by atoms with van der Waals surface area (Å²) in [7, 11) is 3.89. The molecule has 5 rings (SSSR count). The summed E-state index contributed by atoms with van der Waals surface area (Å²) < 4.78 is 0. The molecule has 7 heteroatoms. The summed E-state index contributed by atoms with van der Waals surface area (Å²) in [6.07, 6.45) is 3.79. The van der Waals surface area contributed by atoms with E-state index in [-0.39, 0.29) is 10.7 Å². The number of carbonyl (C=O) groups excluding carboxylic acids is 1. The number of carbonyl (C=O) groups is 1. The van der Waals surface area contributed by atoms with E-state index in [0.29, 0.717) is 10.6 Å². The number of nitrogens with zero attached hydrogens (tertiary/aromatic N) is 3.